The standard InChI is InChI=1S/C17H15F3N4O4/c1-3-11-14(25)24(16(26)23-11)10-7-21-15(22-8-10)27-12-6-4-5-9(2)13(12)28-17(18,19)20/h4-8,11H,3H2,1-2H3,(H,23,26)/t11-/m1/s1. The first-order valence-corrected chi connectivity index (χ1v) is 8.19. The van der Waals surface area contributed by atoms with E-state index in [0.717, 1.165) is 17.3 Å². The lowest BCUT2D eigenvalue weighted by Gasteiger charge is -2.15. The molecule has 0 bridgehead atoms. The van der Waals surface area contributed by atoms with Gasteiger partial charge in [-0.3, -0.25) is 4.79 Å². The van der Waals surface area contributed by atoms with Gasteiger partial charge in [0, 0.05) is 0 Å². The maximum Gasteiger partial charge on any atom is 0.573 e. The van der Waals surface area contributed by atoms with Crippen LogP contribution in [0.3, 0.4) is 0 Å². The number of aromatic nitrogens is 2. The van der Waals surface area contributed by atoms with Crippen LogP contribution in [0.2, 0.25) is 0 Å². The van der Waals surface area contributed by atoms with Gasteiger partial charge in [0.2, 0.25) is 0 Å². The summed E-state index contributed by atoms with van der Waals surface area (Å²) in [7, 11) is 0. The van der Waals surface area contributed by atoms with Crippen molar-refractivity contribution in [2.75, 3.05) is 4.90 Å². The van der Waals surface area contributed by atoms with E-state index in [1.165, 1.54) is 25.1 Å². The highest BCUT2D eigenvalue weighted by Gasteiger charge is 2.38. The van der Waals surface area contributed by atoms with Crippen LogP contribution < -0.4 is 19.7 Å². The molecule has 1 atom stereocenters. The van der Waals surface area contributed by atoms with Gasteiger partial charge >= 0.3 is 18.4 Å². The predicted octanol–water partition coefficient (Wildman–Crippen LogP) is 3.31. The number of hydrogen-bond donors (Lipinski definition) is 1. The number of amides is 3. The van der Waals surface area contributed by atoms with Crippen molar-refractivity contribution in [3.8, 4) is 17.5 Å². The molecule has 1 aromatic heterocycles. The highest BCUT2D eigenvalue weighted by atomic mass is 19.4. The zero-order chi connectivity index (χ0) is 20.5. The van der Waals surface area contributed by atoms with Crippen LogP contribution in [0, 0.1) is 6.92 Å². The Bertz CT molecular complexity index is 902. The number of ether oxygens (including phenoxy) is 2. The van der Waals surface area contributed by atoms with Crippen molar-refractivity contribution >= 4 is 17.6 Å². The summed E-state index contributed by atoms with van der Waals surface area (Å²) in [5.41, 5.74) is 0.318. The Morgan fingerprint density at radius 1 is 1.21 bits per heavy atom. The number of imide groups is 1. The number of urea groups is 1. The van der Waals surface area contributed by atoms with Crippen LogP contribution in [0.15, 0.2) is 30.6 Å². The Morgan fingerprint density at radius 2 is 1.89 bits per heavy atom. The zero-order valence-corrected chi connectivity index (χ0v) is 14.8. The molecule has 1 saturated heterocycles. The molecule has 28 heavy (non-hydrogen) atoms. The molecule has 148 valence electrons. The first-order valence-electron chi connectivity index (χ1n) is 8.19. The van der Waals surface area contributed by atoms with Gasteiger partial charge in [0.25, 0.3) is 5.91 Å². The number of nitrogens with one attached hydrogen (secondary N) is 1. The number of anilines is 1. The number of aryl methyl sites for hydroxylation is 1. The Morgan fingerprint density at radius 3 is 2.46 bits per heavy atom. The third-order valence-electron chi connectivity index (χ3n) is 3.90. The number of carbonyl (C=O) groups excluding carboxylic acids is 2. The summed E-state index contributed by atoms with van der Waals surface area (Å²) in [6, 6.07) is 2.68. The Kier molecular flexibility index (Phi) is 5.08. The molecule has 3 amide bonds. The fraction of sp³-hybridized carbons (Fsp3) is 0.294. The third-order valence-corrected chi connectivity index (χ3v) is 3.90. The maximum absolute atomic E-state index is 12.6. The number of para-hydroxylation sites is 1. The molecule has 1 aliphatic heterocycles. The van der Waals surface area contributed by atoms with Crippen molar-refractivity contribution in [3.63, 3.8) is 0 Å². The summed E-state index contributed by atoms with van der Waals surface area (Å²) < 4.78 is 47.2. The molecule has 0 aliphatic carbocycles. The van der Waals surface area contributed by atoms with Gasteiger partial charge in [0.05, 0.1) is 18.1 Å². The molecule has 2 aromatic rings. The maximum atomic E-state index is 12.6. The van der Waals surface area contributed by atoms with E-state index < -0.39 is 30.1 Å². The van der Waals surface area contributed by atoms with Crippen molar-refractivity contribution in [1.29, 1.82) is 0 Å². The number of carbonyl (C=O) groups is 2. The largest absolute Gasteiger partial charge is 0.573 e. The molecule has 0 spiro atoms. The van der Waals surface area contributed by atoms with Crippen LogP contribution in [0.25, 0.3) is 0 Å². The number of nitrogens with zero attached hydrogens (tertiary/aromatic N) is 3. The number of alkyl halides is 3. The normalized spacial score (nSPS) is 16.9. The molecule has 0 radical (unpaired) electrons. The smallest absolute Gasteiger partial charge is 0.420 e. The van der Waals surface area contributed by atoms with Crippen LogP contribution in [0.4, 0.5) is 23.7 Å². The Hall–Kier alpha value is -3.37. The van der Waals surface area contributed by atoms with E-state index in [2.05, 4.69) is 20.0 Å². The lowest BCUT2D eigenvalue weighted by Crippen LogP contribution is -2.31. The topological polar surface area (TPSA) is 93.7 Å². The summed E-state index contributed by atoms with van der Waals surface area (Å²) in [5, 5.41) is 2.52. The van der Waals surface area contributed by atoms with E-state index in [-0.39, 0.29) is 23.0 Å². The quantitative estimate of drug-likeness (QED) is 0.780. The summed E-state index contributed by atoms with van der Waals surface area (Å²) in [6.07, 6.45) is -2.14. The molecule has 0 saturated carbocycles. The molecule has 1 N–H and O–H groups in total. The van der Waals surface area contributed by atoms with Crippen LogP contribution in [-0.2, 0) is 4.79 Å². The van der Waals surface area contributed by atoms with Gasteiger partial charge in [-0.1, -0.05) is 19.1 Å². The van der Waals surface area contributed by atoms with Crippen molar-refractivity contribution < 1.29 is 32.2 Å². The highest BCUT2D eigenvalue weighted by Crippen LogP contribution is 2.37. The van der Waals surface area contributed by atoms with Crippen molar-refractivity contribution in [2.24, 2.45) is 0 Å². The fourth-order valence-corrected chi connectivity index (χ4v) is 2.58. The molecule has 3 rings (SSSR count). The van der Waals surface area contributed by atoms with Crippen LogP contribution >= 0.6 is 0 Å². The average Bonchev–Trinajstić information content (AvgIpc) is 2.91. The molecule has 1 aliphatic rings. The molecule has 1 aromatic carbocycles. The van der Waals surface area contributed by atoms with Gasteiger partial charge in [-0.05, 0) is 25.0 Å². The lowest BCUT2D eigenvalue weighted by molar-refractivity contribution is -0.275. The zero-order valence-electron chi connectivity index (χ0n) is 14.8. The molecular weight excluding hydrogens is 381 g/mol. The SMILES string of the molecule is CC[C@H]1NC(=O)N(c2cnc(Oc3cccc(C)c3OC(F)(F)F)nc2)C1=O. The summed E-state index contributed by atoms with van der Waals surface area (Å²) in [5.74, 6) is -1.18. The first kappa shape index (κ1) is 19.4. The minimum absolute atomic E-state index is 0.113. The van der Waals surface area contributed by atoms with Crippen molar-refractivity contribution in [3.05, 3.63) is 36.2 Å². The van der Waals surface area contributed by atoms with Crippen molar-refractivity contribution in [1.82, 2.24) is 15.3 Å². The van der Waals surface area contributed by atoms with E-state index in [4.69, 9.17) is 4.74 Å². The number of hydrogen-bond acceptors (Lipinski definition) is 6. The molecular formula is C17H15F3N4O4. The van der Waals surface area contributed by atoms with Crippen LogP contribution in [0.1, 0.15) is 18.9 Å². The van der Waals surface area contributed by atoms with E-state index in [9.17, 15) is 22.8 Å². The van der Waals surface area contributed by atoms with Gasteiger partial charge in [-0.25, -0.2) is 19.7 Å². The minimum atomic E-state index is -4.89. The first-order chi connectivity index (χ1) is 13.2. The van der Waals surface area contributed by atoms with Crippen LogP contribution in [0.5, 0.6) is 17.5 Å². The highest BCUT2D eigenvalue weighted by molar-refractivity contribution is 6.21. The molecule has 0 unspecified atom stereocenters. The van der Waals surface area contributed by atoms with E-state index in [1.807, 2.05) is 0 Å². The van der Waals surface area contributed by atoms with E-state index in [0.29, 0.717) is 6.42 Å². The number of halogens is 3. The monoisotopic (exact) mass is 396 g/mol. The van der Waals surface area contributed by atoms with E-state index >= 15 is 0 Å². The second kappa shape index (κ2) is 7.33. The second-order valence-corrected chi connectivity index (χ2v) is 5.86. The second-order valence-electron chi connectivity index (χ2n) is 5.86. The third kappa shape index (κ3) is 3.97. The van der Waals surface area contributed by atoms with Gasteiger partial charge in [-0.15, -0.1) is 13.2 Å². The lowest BCUT2D eigenvalue weighted by atomic mass is 10.2. The fourth-order valence-electron chi connectivity index (χ4n) is 2.58. The summed E-state index contributed by atoms with van der Waals surface area (Å²) in [4.78, 5) is 32.7. The number of rotatable bonds is 5. The predicted molar refractivity (Wildman–Crippen MR) is 90.1 cm³/mol. The van der Waals surface area contributed by atoms with Gasteiger partial charge in [0.15, 0.2) is 11.5 Å². The average molecular weight is 396 g/mol. The number of benzene rings is 1. The van der Waals surface area contributed by atoms with Crippen LogP contribution in [-0.4, -0.2) is 34.3 Å². The minimum Gasteiger partial charge on any atom is -0.420 e. The molecule has 2 heterocycles. The molecule has 1 fully saturated rings. The summed E-state index contributed by atoms with van der Waals surface area (Å²) in [6.45, 7) is 3.18. The summed E-state index contributed by atoms with van der Waals surface area (Å²) >= 11 is 0. The van der Waals surface area contributed by atoms with Gasteiger partial charge in [-0.2, -0.15) is 0 Å². The van der Waals surface area contributed by atoms with Gasteiger partial charge < -0.3 is 14.8 Å². The Labute approximate surface area is 157 Å². The Balaban J connectivity index is 1.82. The molecule has 8 nitrogen and oxygen atoms in total. The molecule has 11 heteroatoms. The van der Waals surface area contributed by atoms with E-state index in [1.54, 1.807) is 6.92 Å². The van der Waals surface area contributed by atoms with Crippen molar-refractivity contribution in [2.45, 2.75) is 32.7 Å². The van der Waals surface area contributed by atoms with Gasteiger partial charge in [0.1, 0.15) is 6.04 Å².